The Morgan fingerprint density at radius 2 is 1.86 bits per heavy atom. The maximum absolute atomic E-state index is 6.32. The van der Waals surface area contributed by atoms with E-state index in [4.69, 9.17) is 5.73 Å². The highest BCUT2D eigenvalue weighted by Crippen LogP contribution is 2.19. The molecule has 2 aromatic heterocycles. The molecule has 21 heavy (non-hydrogen) atoms. The molecule has 3 aromatic rings. The fourth-order valence-corrected chi connectivity index (χ4v) is 2.38. The molecule has 0 saturated heterocycles. The van der Waals surface area contributed by atoms with E-state index in [9.17, 15) is 0 Å². The van der Waals surface area contributed by atoms with Crippen LogP contribution < -0.4 is 5.73 Å². The smallest absolute Gasteiger partial charge is 0.138 e. The minimum atomic E-state index is -0.141. The number of nitrogens with zero attached hydrogens (tertiary/aromatic N) is 5. The van der Waals surface area contributed by atoms with Gasteiger partial charge in [0.1, 0.15) is 12.2 Å². The van der Waals surface area contributed by atoms with E-state index in [2.05, 4.69) is 33.9 Å². The largest absolute Gasteiger partial charge is 0.324 e. The van der Waals surface area contributed by atoms with Crippen LogP contribution in [-0.4, -0.2) is 24.7 Å². The van der Waals surface area contributed by atoms with Gasteiger partial charge in [-0.15, -0.1) is 0 Å². The van der Waals surface area contributed by atoms with E-state index in [0.29, 0.717) is 6.42 Å². The summed E-state index contributed by atoms with van der Waals surface area (Å²) in [7, 11) is 0. The van der Waals surface area contributed by atoms with Crippen LogP contribution in [0.15, 0.2) is 36.9 Å². The van der Waals surface area contributed by atoms with Crippen molar-refractivity contribution in [2.75, 3.05) is 0 Å². The maximum atomic E-state index is 6.32. The predicted octanol–water partition coefficient (Wildman–Crippen LogP) is 2.04. The first-order chi connectivity index (χ1) is 10.1. The highest BCUT2D eigenvalue weighted by atomic mass is 15.3. The van der Waals surface area contributed by atoms with Gasteiger partial charge in [0, 0.05) is 30.9 Å². The summed E-state index contributed by atoms with van der Waals surface area (Å²) in [5.74, 6) is 0.900. The van der Waals surface area contributed by atoms with Crippen molar-refractivity contribution in [2.24, 2.45) is 5.73 Å². The summed E-state index contributed by atoms with van der Waals surface area (Å²) in [6, 6.07) is 6.07. The third-order valence-electron chi connectivity index (χ3n) is 3.46. The molecule has 1 aromatic carbocycles. The zero-order valence-corrected chi connectivity index (χ0v) is 12.1. The second-order valence-electron chi connectivity index (χ2n) is 5.33. The van der Waals surface area contributed by atoms with Gasteiger partial charge in [0.05, 0.1) is 11.0 Å². The van der Waals surface area contributed by atoms with Gasteiger partial charge >= 0.3 is 0 Å². The van der Waals surface area contributed by atoms with Gasteiger partial charge in [-0.1, -0.05) is 6.07 Å². The van der Waals surface area contributed by atoms with E-state index < -0.39 is 0 Å². The molecule has 0 radical (unpaired) electrons. The van der Waals surface area contributed by atoms with Crippen molar-refractivity contribution < 1.29 is 0 Å². The molecule has 3 rings (SSSR count). The topological polar surface area (TPSA) is 82.5 Å². The lowest BCUT2D eigenvalue weighted by Gasteiger charge is -2.14. The van der Waals surface area contributed by atoms with Crippen molar-refractivity contribution in [1.29, 1.82) is 0 Å². The minimum absolute atomic E-state index is 0.141. The molecular formula is C15H18N6. The van der Waals surface area contributed by atoms with Crippen molar-refractivity contribution in [3.05, 3.63) is 48.3 Å². The molecule has 0 aliphatic heterocycles. The van der Waals surface area contributed by atoms with Crippen LogP contribution in [0.25, 0.3) is 11.0 Å². The van der Waals surface area contributed by atoms with Crippen LogP contribution in [0.2, 0.25) is 0 Å². The van der Waals surface area contributed by atoms with Crippen LogP contribution in [-0.2, 0) is 6.42 Å². The van der Waals surface area contributed by atoms with E-state index in [1.54, 1.807) is 18.7 Å². The van der Waals surface area contributed by atoms with Crippen LogP contribution in [0.5, 0.6) is 0 Å². The molecule has 1 atom stereocenters. The number of nitrogens with two attached hydrogens (primary N) is 1. The quantitative estimate of drug-likeness (QED) is 0.791. The summed E-state index contributed by atoms with van der Waals surface area (Å²) in [5.41, 5.74) is 9.08. The first-order valence-electron chi connectivity index (χ1n) is 7.00. The molecule has 1 unspecified atom stereocenters. The van der Waals surface area contributed by atoms with Crippen molar-refractivity contribution in [3.63, 3.8) is 0 Å². The molecule has 6 nitrogen and oxygen atoms in total. The van der Waals surface area contributed by atoms with Crippen molar-refractivity contribution >= 4 is 11.0 Å². The van der Waals surface area contributed by atoms with Gasteiger partial charge in [-0.3, -0.25) is 9.97 Å². The van der Waals surface area contributed by atoms with Crippen molar-refractivity contribution in [3.8, 4) is 0 Å². The fourth-order valence-electron chi connectivity index (χ4n) is 2.38. The standard InChI is InChI=1S/C15H18N6/c1-10(2)21-15(19-9-20-21)8-12(16)11-3-4-13-14(7-11)18-6-5-17-13/h3-7,9-10,12H,8,16H2,1-2H3. The Balaban J connectivity index is 1.86. The zero-order chi connectivity index (χ0) is 14.8. The number of rotatable bonds is 4. The maximum Gasteiger partial charge on any atom is 0.138 e. The number of hydrogen-bond acceptors (Lipinski definition) is 5. The van der Waals surface area contributed by atoms with E-state index in [1.807, 2.05) is 22.9 Å². The third-order valence-corrected chi connectivity index (χ3v) is 3.46. The summed E-state index contributed by atoms with van der Waals surface area (Å²) in [4.78, 5) is 12.9. The van der Waals surface area contributed by atoms with Crippen LogP contribution in [0, 0.1) is 0 Å². The summed E-state index contributed by atoms with van der Waals surface area (Å²) in [6.07, 6.45) is 5.60. The Labute approximate surface area is 123 Å². The summed E-state index contributed by atoms with van der Waals surface area (Å²) >= 11 is 0. The number of hydrogen-bond donors (Lipinski definition) is 1. The highest BCUT2D eigenvalue weighted by Gasteiger charge is 2.14. The molecule has 6 heteroatoms. The lowest BCUT2D eigenvalue weighted by molar-refractivity contribution is 0.493. The van der Waals surface area contributed by atoms with E-state index >= 15 is 0 Å². The molecule has 2 heterocycles. The Morgan fingerprint density at radius 3 is 2.62 bits per heavy atom. The summed E-state index contributed by atoms with van der Waals surface area (Å²) in [5, 5.41) is 4.24. The third kappa shape index (κ3) is 2.75. The molecule has 0 aliphatic carbocycles. The highest BCUT2D eigenvalue weighted by molar-refractivity contribution is 5.74. The molecule has 0 saturated carbocycles. The Morgan fingerprint density at radius 1 is 1.10 bits per heavy atom. The second-order valence-corrected chi connectivity index (χ2v) is 5.33. The molecule has 0 bridgehead atoms. The van der Waals surface area contributed by atoms with Crippen LogP contribution in [0.3, 0.4) is 0 Å². The Bertz CT molecular complexity index is 749. The predicted molar refractivity (Wildman–Crippen MR) is 80.6 cm³/mol. The molecule has 0 amide bonds. The number of fused-ring (bicyclic) bond motifs is 1. The Hall–Kier alpha value is -2.34. The number of aromatic nitrogens is 5. The average Bonchev–Trinajstić information content (AvgIpc) is 2.95. The SMILES string of the molecule is CC(C)n1ncnc1CC(N)c1ccc2nccnc2c1. The second kappa shape index (κ2) is 5.57. The van der Waals surface area contributed by atoms with Crippen LogP contribution in [0.4, 0.5) is 0 Å². The average molecular weight is 282 g/mol. The normalized spacial score (nSPS) is 13.0. The van der Waals surface area contributed by atoms with Gasteiger partial charge in [0.2, 0.25) is 0 Å². The molecular weight excluding hydrogens is 264 g/mol. The van der Waals surface area contributed by atoms with E-state index in [0.717, 1.165) is 22.4 Å². The van der Waals surface area contributed by atoms with Gasteiger partial charge in [-0.25, -0.2) is 9.67 Å². The minimum Gasteiger partial charge on any atom is -0.324 e. The van der Waals surface area contributed by atoms with Gasteiger partial charge in [-0.05, 0) is 31.5 Å². The van der Waals surface area contributed by atoms with Crippen LogP contribution in [0.1, 0.15) is 37.3 Å². The molecule has 0 spiro atoms. The van der Waals surface area contributed by atoms with Gasteiger partial charge < -0.3 is 5.73 Å². The zero-order valence-electron chi connectivity index (χ0n) is 12.1. The van der Waals surface area contributed by atoms with Gasteiger partial charge in [-0.2, -0.15) is 5.10 Å². The molecule has 0 fully saturated rings. The van der Waals surface area contributed by atoms with E-state index in [1.165, 1.54) is 0 Å². The lowest BCUT2D eigenvalue weighted by Crippen LogP contribution is -2.18. The first kappa shape index (κ1) is 13.6. The van der Waals surface area contributed by atoms with Gasteiger partial charge in [0.15, 0.2) is 0 Å². The molecule has 108 valence electrons. The van der Waals surface area contributed by atoms with E-state index in [-0.39, 0.29) is 12.1 Å². The molecule has 2 N–H and O–H groups in total. The fraction of sp³-hybridized carbons (Fsp3) is 0.333. The van der Waals surface area contributed by atoms with Gasteiger partial charge in [0.25, 0.3) is 0 Å². The monoisotopic (exact) mass is 282 g/mol. The first-order valence-corrected chi connectivity index (χ1v) is 7.00. The molecule has 0 aliphatic rings. The summed E-state index contributed by atoms with van der Waals surface area (Å²) < 4.78 is 1.90. The lowest BCUT2D eigenvalue weighted by atomic mass is 10.0. The van der Waals surface area contributed by atoms with Crippen molar-refractivity contribution in [1.82, 2.24) is 24.7 Å². The Kier molecular flexibility index (Phi) is 3.62. The number of benzene rings is 1. The van der Waals surface area contributed by atoms with Crippen molar-refractivity contribution in [2.45, 2.75) is 32.4 Å². The summed E-state index contributed by atoms with van der Waals surface area (Å²) in [6.45, 7) is 4.16. The van der Waals surface area contributed by atoms with Crippen LogP contribution >= 0.6 is 0 Å².